The van der Waals surface area contributed by atoms with Crippen LogP contribution in [0.2, 0.25) is 0 Å². The molecule has 22 heavy (non-hydrogen) atoms. The van der Waals surface area contributed by atoms with Crippen molar-refractivity contribution in [1.29, 1.82) is 0 Å². The first-order chi connectivity index (χ1) is 10.5. The molecule has 6 nitrogen and oxygen atoms in total. The smallest absolute Gasteiger partial charge is 0.324 e. The van der Waals surface area contributed by atoms with E-state index in [4.69, 9.17) is 4.74 Å². The zero-order valence-electron chi connectivity index (χ0n) is 12.6. The molecular weight excluding hydrogens is 284 g/mol. The number of ether oxygens (including phenoxy) is 1. The van der Waals surface area contributed by atoms with E-state index >= 15 is 0 Å². The number of aliphatic carboxylic acids is 1. The first-order valence-electron chi connectivity index (χ1n) is 7.51. The molecule has 0 spiro atoms. The standard InChI is InChI=1S/C16H20N2O4/c1-18(16(6-7-16)15(20)21)8-9-22-12-3-4-13-11(10-12)2-5-14(19)17-13/h3-4,10H,2,5-9H2,1H3,(H,17,19)(H,20,21). The summed E-state index contributed by atoms with van der Waals surface area (Å²) in [7, 11) is 1.83. The lowest BCUT2D eigenvalue weighted by Gasteiger charge is -2.24. The zero-order chi connectivity index (χ0) is 15.7. The first-order valence-corrected chi connectivity index (χ1v) is 7.51. The Kier molecular flexibility index (Phi) is 3.78. The number of rotatable bonds is 6. The first kappa shape index (κ1) is 14.8. The number of aryl methyl sites for hydroxylation is 1. The van der Waals surface area contributed by atoms with E-state index in [0.717, 1.165) is 23.4 Å². The topological polar surface area (TPSA) is 78.9 Å². The van der Waals surface area contributed by atoms with E-state index in [0.29, 0.717) is 32.4 Å². The van der Waals surface area contributed by atoms with Gasteiger partial charge < -0.3 is 15.2 Å². The number of carboxylic acid groups (broad SMARTS) is 1. The molecular formula is C16H20N2O4. The van der Waals surface area contributed by atoms with Crippen LogP contribution in [0.4, 0.5) is 5.69 Å². The van der Waals surface area contributed by atoms with E-state index < -0.39 is 11.5 Å². The average Bonchev–Trinajstić information content (AvgIpc) is 3.29. The Balaban J connectivity index is 1.54. The van der Waals surface area contributed by atoms with Crippen molar-refractivity contribution in [3.05, 3.63) is 23.8 Å². The van der Waals surface area contributed by atoms with Crippen molar-refractivity contribution in [2.45, 2.75) is 31.2 Å². The highest BCUT2D eigenvalue weighted by molar-refractivity contribution is 5.94. The van der Waals surface area contributed by atoms with Gasteiger partial charge in [-0.05, 0) is 50.1 Å². The summed E-state index contributed by atoms with van der Waals surface area (Å²) < 4.78 is 5.72. The van der Waals surface area contributed by atoms with E-state index in [1.807, 2.05) is 30.1 Å². The fourth-order valence-corrected chi connectivity index (χ4v) is 2.84. The quantitative estimate of drug-likeness (QED) is 0.832. The number of likely N-dealkylation sites (N-methyl/N-ethyl adjacent to an activating group) is 1. The molecule has 0 aromatic heterocycles. The van der Waals surface area contributed by atoms with Crippen molar-refractivity contribution in [3.63, 3.8) is 0 Å². The van der Waals surface area contributed by atoms with Crippen LogP contribution in [-0.4, -0.2) is 47.6 Å². The molecule has 1 fully saturated rings. The summed E-state index contributed by atoms with van der Waals surface area (Å²) in [6.07, 6.45) is 2.63. The second-order valence-electron chi connectivity index (χ2n) is 5.97. The van der Waals surface area contributed by atoms with Crippen LogP contribution < -0.4 is 10.1 Å². The van der Waals surface area contributed by atoms with E-state index in [9.17, 15) is 14.7 Å². The van der Waals surface area contributed by atoms with Crippen molar-refractivity contribution in [1.82, 2.24) is 4.90 Å². The second-order valence-corrected chi connectivity index (χ2v) is 5.97. The Morgan fingerprint density at radius 1 is 1.41 bits per heavy atom. The minimum Gasteiger partial charge on any atom is -0.492 e. The van der Waals surface area contributed by atoms with Gasteiger partial charge in [0, 0.05) is 18.7 Å². The molecule has 1 aliphatic carbocycles. The Bertz CT molecular complexity index is 610. The molecule has 0 bridgehead atoms. The Morgan fingerprint density at radius 2 is 2.18 bits per heavy atom. The van der Waals surface area contributed by atoms with Gasteiger partial charge in [-0.25, -0.2) is 0 Å². The molecule has 118 valence electrons. The number of carbonyl (C=O) groups excluding carboxylic acids is 1. The van der Waals surface area contributed by atoms with Gasteiger partial charge in [-0.3, -0.25) is 14.5 Å². The number of amides is 1. The van der Waals surface area contributed by atoms with Crippen molar-refractivity contribution >= 4 is 17.6 Å². The van der Waals surface area contributed by atoms with Gasteiger partial charge in [0.25, 0.3) is 0 Å². The van der Waals surface area contributed by atoms with Crippen molar-refractivity contribution in [3.8, 4) is 5.75 Å². The van der Waals surface area contributed by atoms with Crippen LogP contribution >= 0.6 is 0 Å². The molecule has 2 N–H and O–H groups in total. The van der Waals surface area contributed by atoms with Crippen LogP contribution in [-0.2, 0) is 16.0 Å². The summed E-state index contributed by atoms with van der Waals surface area (Å²) in [4.78, 5) is 24.4. The minimum absolute atomic E-state index is 0.0474. The highest BCUT2D eigenvalue weighted by Crippen LogP contribution is 2.40. The van der Waals surface area contributed by atoms with Gasteiger partial charge in [0.1, 0.15) is 17.9 Å². The third kappa shape index (κ3) is 2.78. The molecule has 1 saturated carbocycles. The Hall–Kier alpha value is -2.08. The molecule has 6 heteroatoms. The second kappa shape index (κ2) is 5.61. The molecule has 0 radical (unpaired) electrons. The predicted molar refractivity (Wildman–Crippen MR) is 81.1 cm³/mol. The van der Waals surface area contributed by atoms with E-state index in [1.54, 1.807) is 0 Å². The maximum atomic E-state index is 11.3. The van der Waals surface area contributed by atoms with Gasteiger partial charge >= 0.3 is 5.97 Å². The normalized spacial score (nSPS) is 18.5. The van der Waals surface area contributed by atoms with Gasteiger partial charge in [0.15, 0.2) is 0 Å². The number of anilines is 1. The molecule has 0 atom stereocenters. The Morgan fingerprint density at radius 3 is 2.86 bits per heavy atom. The van der Waals surface area contributed by atoms with Gasteiger partial charge in [0.05, 0.1) is 0 Å². The van der Waals surface area contributed by atoms with Crippen LogP contribution in [0.25, 0.3) is 0 Å². The number of carboxylic acids is 1. The largest absolute Gasteiger partial charge is 0.492 e. The van der Waals surface area contributed by atoms with E-state index in [1.165, 1.54) is 0 Å². The van der Waals surface area contributed by atoms with Crippen LogP contribution in [0.3, 0.4) is 0 Å². The van der Waals surface area contributed by atoms with Crippen molar-refractivity contribution < 1.29 is 19.4 Å². The monoisotopic (exact) mass is 304 g/mol. The fourth-order valence-electron chi connectivity index (χ4n) is 2.84. The number of hydrogen-bond donors (Lipinski definition) is 2. The molecule has 1 aliphatic heterocycles. The summed E-state index contributed by atoms with van der Waals surface area (Å²) in [6.45, 7) is 1.01. The van der Waals surface area contributed by atoms with Crippen molar-refractivity contribution in [2.24, 2.45) is 0 Å². The molecule has 1 aromatic rings. The lowest BCUT2D eigenvalue weighted by atomic mass is 10.0. The summed E-state index contributed by atoms with van der Waals surface area (Å²) in [5.41, 5.74) is 1.25. The highest BCUT2D eigenvalue weighted by Gasteiger charge is 2.53. The molecule has 1 aromatic carbocycles. The van der Waals surface area contributed by atoms with Crippen LogP contribution in [0.15, 0.2) is 18.2 Å². The molecule has 0 unspecified atom stereocenters. The number of benzene rings is 1. The number of nitrogens with one attached hydrogen (secondary N) is 1. The summed E-state index contributed by atoms with van der Waals surface area (Å²) in [6, 6.07) is 5.62. The van der Waals surface area contributed by atoms with E-state index in [2.05, 4.69) is 5.32 Å². The summed E-state index contributed by atoms with van der Waals surface area (Å²) in [5, 5.41) is 12.1. The zero-order valence-corrected chi connectivity index (χ0v) is 12.6. The van der Waals surface area contributed by atoms with Gasteiger partial charge in [-0.1, -0.05) is 0 Å². The van der Waals surface area contributed by atoms with Crippen molar-refractivity contribution in [2.75, 3.05) is 25.5 Å². The van der Waals surface area contributed by atoms with Crippen LogP contribution in [0.1, 0.15) is 24.8 Å². The summed E-state index contributed by atoms with van der Waals surface area (Å²) in [5.74, 6) is 0.0502. The maximum Gasteiger partial charge on any atom is 0.324 e. The number of nitrogens with zero attached hydrogens (tertiary/aromatic N) is 1. The number of hydrogen-bond acceptors (Lipinski definition) is 4. The predicted octanol–water partition coefficient (Wildman–Crippen LogP) is 1.50. The van der Waals surface area contributed by atoms with E-state index in [-0.39, 0.29) is 5.91 Å². The average molecular weight is 304 g/mol. The fraction of sp³-hybridized carbons (Fsp3) is 0.500. The minimum atomic E-state index is -0.750. The maximum absolute atomic E-state index is 11.3. The van der Waals surface area contributed by atoms with Gasteiger partial charge in [-0.2, -0.15) is 0 Å². The SMILES string of the molecule is CN(CCOc1ccc2c(c1)CCC(=O)N2)C1(C(=O)O)CC1. The molecule has 1 amide bonds. The van der Waals surface area contributed by atoms with Crippen LogP contribution in [0.5, 0.6) is 5.75 Å². The summed E-state index contributed by atoms with van der Waals surface area (Å²) >= 11 is 0. The molecule has 1 heterocycles. The molecule has 0 saturated heterocycles. The highest BCUT2D eigenvalue weighted by atomic mass is 16.5. The van der Waals surface area contributed by atoms with Gasteiger partial charge in [0.2, 0.25) is 5.91 Å². The third-order valence-electron chi connectivity index (χ3n) is 4.52. The van der Waals surface area contributed by atoms with Gasteiger partial charge in [-0.15, -0.1) is 0 Å². The Labute approximate surface area is 129 Å². The number of carbonyl (C=O) groups is 2. The lowest BCUT2D eigenvalue weighted by Crippen LogP contribution is -2.42. The lowest BCUT2D eigenvalue weighted by molar-refractivity contribution is -0.144. The van der Waals surface area contributed by atoms with Crippen LogP contribution in [0, 0.1) is 0 Å². The third-order valence-corrected chi connectivity index (χ3v) is 4.52. The molecule has 3 rings (SSSR count). The number of fused-ring (bicyclic) bond motifs is 1. The molecule has 2 aliphatic rings.